The third-order valence-corrected chi connectivity index (χ3v) is 3.15. The molecular weight excluding hydrogens is 212 g/mol. The highest BCUT2D eigenvalue weighted by Gasteiger charge is 2.50. The maximum absolute atomic E-state index is 13.0. The van der Waals surface area contributed by atoms with Gasteiger partial charge in [-0.15, -0.1) is 0 Å². The summed E-state index contributed by atoms with van der Waals surface area (Å²) in [6.07, 6.45) is -1.10. The molecule has 0 aliphatic heterocycles. The average Bonchev–Trinajstić information content (AvgIpc) is 2.97. The minimum Gasteiger partial charge on any atom is -0.497 e. The van der Waals surface area contributed by atoms with Crippen LogP contribution in [0, 0.1) is 0 Å². The Kier molecular flexibility index (Phi) is 2.84. The molecule has 4 heteroatoms. The third kappa shape index (κ3) is 2.02. The lowest BCUT2D eigenvalue weighted by molar-refractivity contribution is 0.0974. The molecule has 0 radical (unpaired) electrons. The van der Waals surface area contributed by atoms with Crippen LogP contribution in [-0.4, -0.2) is 19.1 Å². The fourth-order valence-corrected chi connectivity index (χ4v) is 2.02. The van der Waals surface area contributed by atoms with Crippen molar-refractivity contribution in [3.63, 3.8) is 0 Å². The van der Waals surface area contributed by atoms with Gasteiger partial charge in [0.15, 0.2) is 0 Å². The summed E-state index contributed by atoms with van der Waals surface area (Å²) >= 11 is 0. The average molecular weight is 227 g/mol. The summed E-state index contributed by atoms with van der Waals surface area (Å²) in [7, 11) is 1.52. The second-order valence-corrected chi connectivity index (χ2v) is 4.32. The number of nitrogens with two attached hydrogens (primary N) is 1. The summed E-state index contributed by atoms with van der Waals surface area (Å²) < 4.78 is 31.1. The van der Waals surface area contributed by atoms with Gasteiger partial charge in [-0.05, 0) is 30.5 Å². The van der Waals surface area contributed by atoms with Crippen LogP contribution in [0.5, 0.6) is 5.75 Å². The molecule has 1 saturated carbocycles. The molecule has 1 unspecified atom stereocenters. The number of alkyl halides is 2. The molecule has 88 valence electrons. The molecule has 2 nitrogen and oxygen atoms in total. The zero-order chi connectivity index (χ0) is 11.8. The Morgan fingerprint density at radius 1 is 1.38 bits per heavy atom. The molecule has 0 bridgehead atoms. The summed E-state index contributed by atoms with van der Waals surface area (Å²) in [5.74, 6) is -0.296. The smallest absolute Gasteiger partial charge is 0.247 e. The largest absolute Gasteiger partial charge is 0.497 e. The van der Waals surface area contributed by atoms with E-state index >= 15 is 0 Å². The summed E-state index contributed by atoms with van der Waals surface area (Å²) in [5.41, 5.74) is 5.74. The topological polar surface area (TPSA) is 35.2 Å². The molecule has 0 amide bonds. The minimum absolute atomic E-state index is 0.564. The van der Waals surface area contributed by atoms with E-state index in [2.05, 4.69) is 0 Å². The van der Waals surface area contributed by atoms with Gasteiger partial charge in [0, 0.05) is 5.54 Å². The fraction of sp³-hybridized carbons (Fsp3) is 0.500. The van der Waals surface area contributed by atoms with Gasteiger partial charge >= 0.3 is 0 Å². The van der Waals surface area contributed by atoms with Crippen molar-refractivity contribution in [2.24, 2.45) is 5.73 Å². The molecule has 2 rings (SSSR count). The molecular formula is C12H15F2NO. The second kappa shape index (κ2) is 4.01. The van der Waals surface area contributed by atoms with Gasteiger partial charge in [-0.25, -0.2) is 8.78 Å². The monoisotopic (exact) mass is 227 g/mol. The third-order valence-electron chi connectivity index (χ3n) is 3.15. The van der Waals surface area contributed by atoms with Crippen LogP contribution in [0.3, 0.4) is 0 Å². The summed E-state index contributed by atoms with van der Waals surface area (Å²) in [6.45, 7) is 0. The maximum atomic E-state index is 13.0. The van der Waals surface area contributed by atoms with Crippen molar-refractivity contribution in [3.8, 4) is 5.75 Å². The Hall–Kier alpha value is -1.16. The van der Waals surface area contributed by atoms with Crippen LogP contribution in [0.1, 0.15) is 24.3 Å². The van der Waals surface area contributed by atoms with E-state index in [0.29, 0.717) is 24.2 Å². The Morgan fingerprint density at radius 2 is 2.06 bits per heavy atom. The second-order valence-electron chi connectivity index (χ2n) is 4.32. The van der Waals surface area contributed by atoms with Gasteiger partial charge in [0.25, 0.3) is 0 Å². The van der Waals surface area contributed by atoms with Gasteiger partial charge in [0.05, 0.1) is 13.0 Å². The predicted molar refractivity (Wildman–Crippen MR) is 57.9 cm³/mol. The first-order valence-electron chi connectivity index (χ1n) is 5.28. The highest BCUT2D eigenvalue weighted by molar-refractivity contribution is 5.35. The number of hydrogen-bond acceptors (Lipinski definition) is 2. The molecule has 1 aromatic carbocycles. The lowest BCUT2D eigenvalue weighted by Gasteiger charge is -2.23. The van der Waals surface area contributed by atoms with Gasteiger partial charge < -0.3 is 10.5 Å². The van der Waals surface area contributed by atoms with Crippen molar-refractivity contribution in [2.75, 3.05) is 7.11 Å². The maximum Gasteiger partial charge on any atom is 0.247 e. The highest BCUT2D eigenvalue weighted by atomic mass is 19.3. The normalized spacial score (nSPS) is 19.6. The van der Waals surface area contributed by atoms with Gasteiger partial charge in [-0.2, -0.15) is 0 Å². The molecule has 0 heterocycles. The van der Waals surface area contributed by atoms with Crippen LogP contribution in [0.2, 0.25) is 0 Å². The van der Waals surface area contributed by atoms with E-state index in [9.17, 15) is 8.78 Å². The lowest BCUT2D eigenvalue weighted by atomic mass is 9.90. The number of benzene rings is 1. The van der Waals surface area contributed by atoms with Crippen molar-refractivity contribution in [1.82, 2.24) is 0 Å². The lowest BCUT2D eigenvalue weighted by Crippen LogP contribution is -2.35. The molecule has 1 aliphatic rings. The molecule has 1 atom stereocenters. The van der Waals surface area contributed by atoms with Crippen LogP contribution in [0.25, 0.3) is 0 Å². The van der Waals surface area contributed by atoms with Crippen molar-refractivity contribution < 1.29 is 13.5 Å². The molecule has 0 saturated heterocycles. The van der Waals surface area contributed by atoms with E-state index in [1.807, 2.05) is 0 Å². The van der Waals surface area contributed by atoms with E-state index in [-0.39, 0.29) is 0 Å². The molecule has 0 spiro atoms. The minimum atomic E-state index is -2.43. The van der Waals surface area contributed by atoms with Crippen LogP contribution >= 0.6 is 0 Å². The van der Waals surface area contributed by atoms with Crippen LogP contribution in [0.4, 0.5) is 8.78 Å². The van der Waals surface area contributed by atoms with E-state index in [1.165, 1.54) is 7.11 Å². The van der Waals surface area contributed by atoms with Crippen molar-refractivity contribution in [3.05, 3.63) is 29.8 Å². The van der Waals surface area contributed by atoms with E-state index < -0.39 is 17.9 Å². The van der Waals surface area contributed by atoms with Gasteiger partial charge in [0.2, 0.25) is 6.43 Å². The molecule has 1 fully saturated rings. The Balaban J connectivity index is 2.31. The zero-order valence-corrected chi connectivity index (χ0v) is 9.12. The van der Waals surface area contributed by atoms with Crippen LogP contribution in [-0.2, 0) is 0 Å². The first-order valence-corrected chi connectivity index (χ1v) is 5.28. The molecule has 1 aromatic rings. The number of halogens is 2. The van der Waals surface area contributed by atoms with Gasteiger partial charge in [-0.1, -0.05) is 12.1 Å². The van der Waals surface area contributed by atoms with Gasteiger partial charge in [-0.3, -0.25) is 0 Å². The van der Waals surface area contributed by atoms with E-state index in [4.69, 9.17) is 10.5 Å². The zero-order valence-electron chi connectivity index (χ0n) is 9.12. The van der Waals surface area contributed by atoms with Crippen LogP contribution < -0.4 is 10.5 Å². The number of ether oxygens (including phenoxy) is 1. The number of methoxy groups -OCH3 is 1. The van der Waals surface area contributed by atoms with Crippen molar-refractivity contribution in [2.45, 2.75) is 30.7 Å². The Morgan fingerprint density at radius 3 is 2.56 bits per heavy atom. The Labute approximate surface area is 93.4 Å². The highest BCUT2D eigenvalue weighted by Crippen LogP contribution is 2.48. The predicted octanol–water partition coefficient (Wildman–Crippen LogP) is 2.54. The van der Waals surface area contributed by atoms with Crippen molar-refractivity contribution in [1.29, 1.82) is 0 Å². The van der Waals surface area contributed by atoms with E-state index in [1.54, 1.807) is 24.3 Å². The molecule has 0 aromatic heterocycles. The fourth-order valence-electron chi connectivity index (χ4n) is 2.02. The van der Waals surface area contributed by atoms with E-state index in [0.717, 1.165) is 0 Å². The first kappa shape index (κ1) is 11.3. The molecule has 16 heavy (non-hydrogen) atoms. The molecule has 1 aliphatic carbocycles. The number of rotatable bonds is 4. The number of hydrogen-bond donors (Lipinski definition) is 1. The summed E-state index contributed by atoms with van der Waals surface area (Å²) in [5, 5.41) is 0. The van der Waals surface area contributed by atoms with Crippen molar-refractivity contribution >= 4 is 0 Å². The Bertz CT molecular complexity index is 377. The SMILES string of the molecule is COc1cccc(C(C(F)F)C2(N)CC2)c1. The summed E-state index contributed by atoms with van der Waals surface area (Å²) in [4.78, 5) is 0. The summed E-state index contributed by atoms with van der Waals surface area (Å²) in [6, 6.07) is 6.79. The van der Waals surface area contributed by atoms with Crippen LogP contribution in [0.15, 0.2) is 24.3 Å². The first-order chi connectivity index (χ1) is 7.57. The standard InChI is InChI=1S/C12H15F2NO/c1-16-9-4-2-3-8(7-9)10(11(13)14)12(15)5-6-12/h2-4,7,10-11H,5-6,15H2,1H3. The van der Waals surface area contributed by atoms with Gasteiger partial charge in [0.1, 0.15) is 5.75 Å². The molecule has 2 N–H and O–H groups in total. The quantitative estimate of drug-likeness (QED) is 0.857.